The van der Waals surface area contributed by atoms with Crippen molar-refractivity contribution in [2.75, 3.05) is 0 Å². The van der Waals surface area contributed by atoms with Gasteiger partial charge in [0.05, 0.1) is 11.8 Å². The van der Waals surface area contributed by atoms with E-state index in [1.165, 1.54) is 0 Å². The van der Waals surface area contributed by atoms with E-state index >= 15 is 0 Å². The minimum atomic E-state index is -0.336. The number of para-hydroxylation sites is 1. The largest absolute Gasteiger partial charge is 0.426 e. The summed E-state index contributed by atoms with van der Waals surface area (Å²) >= 11 is 0. The smallest absolute Gasteiger partial charge is 0.315 e. The molecule has 0 aromatic heterocycles. The first-order valence-electron chi connectivity index (χ1n) is 6.02. The second-order valence-corrected chi connectivity index (χ2v) is 4.27. The quantitative estimate of drug-likeness (QED) is 0.594. The zero-order valence-corrected chi connectivity index (χ0v) is 10.1. The molecule has 0 bridgehead atoms. The monoisotopic (exact) mass is 232 g/mol. The van der Waals surface area contributed by atoms with E-state index in [9.17, 15) is 9.59 Å². The molecular weight excluding hydrogens is 216 g/mol. The zero-order valence-electron chi connectivity index (χ0n) is 10.1. The van der Waals surface area contributed by atoms with Crippen molar-refractivity contribution in [2.24, 2.45) is 5.92 Å². The SMILES string of the molecule is CCC(=O)[C@H]1c2ccccc2OC(=O)[C@H]1CC. The summed E-state index contributed by atoms with van der Waals surface area (Å²) in [6, 6.07) is 7.31. The Morgan fingerprint density at radius 1 is 1.29 bits per heavy atom. The van der Waals surface area contributed by atoms with Gasteiger partial charge in [-0.05, 0) is 12.5 Å². The summed E-state index contributed by atoms with van der Waals surface area (Å²) in [4.78, 5) is 23.9. The first kappa shape index (κ1) is 11.8. The van der Waals surface area contributed by atoms with Gasteiger partial charge in [-0.25, -0.2) is 0 Å². The van der Waals surface area contributed by atoms with Crippen molar-refractivity contribution in [1.82, 2.24) is 0 Å². The van der Waals surface area contributed by atoms with E-state index in [-0.39, 0.29) is 23.6 Å². The van der Waals surface area contributed by atoms with E-state index in [2.05, 4.69) is 0 Å². The number of hydrogen-bond donors (Lipinski definition) is 0. The molecule has 0 aliphatic carbocycles. The van der Waals surface area contributed by atoms with Gasteiger partial charge in [0.1, 0.15) is 11.5 Å². The molecule has 0 amide bonds. The Morgan fingerprint density at radius 3 is 2.65 bits per heavy atom. The Bertz CT molecular complexity index is 451. The summed E-state index contributed by atoms with van der Waals surface area (Å²) in [5.41, 5.74) is 0.853. The standard InChI is InChI=1S/C14H16O3/c1-3-9-13(11(15)4-2)10-7-5-6-8-12(10)17-14(9)16/h5-9,13H,3-4H2,1-2H3/t9-,13+/m0/s1. The maximum absolute atomic E-state index is 12.0. The highest BCUT2D eigenvalue weighted by Gasteiger charge is 2.39. The van der Waals surface area contributed by atoms with Crippen LogP contribution in [0.5, 0.6) is 5.75 Å². The van der Waals surface area contributed by atoms with E-state index in [1.807, 2.05) is 32.0 Å². The predicted molar refractivity (Wildman–Crippen MR) is 63.9 cm³/mol. The van der Waals surface area contributed by atoms with Crippen molar-refractivity contribution in [3.8, 4) is 5.75 Å². The van der Waals surface area contributed by atoms with Crippen molar-refractivity contribution >= 4 is 11.8 Å². The molecule has 0 fully saturated rings. The Kier molecular flexibility index (Phi) is 3.27. The number of ether oxygens (including phenoxy) is 1. The van der Waals surface area contributed by atoms with E-state index in [1.54, 1.807) is 6.07 Å². The van der Waals surface area contributed by atoms with Crippen molar-refractivity contribution in [1.29, 1.82) is 0 Å². The molecule has 1 aromatic carbocycles. The van der Waals surface area contributed by atoms with Gasteiger partial charge in [-0.2, -0.15) is 0 Å². The minimum absolute atomic E-state index is 0.112. The minimum Gasteiger partial charge on any atom is -0.426 e. The van der Waals surface area contributed by atoms with Crippen molar-refractivity contribution in [3.05, 3.63) is 29.8 Å². The van der Waals surface area contributed by atoms with Crippen LogP contribution in [0.1, 0.15) is 38.2 Å². The maximum Gasteiger partial charge on any atom is 0.315 e. The molecule has 2 atom stereocenters. The van der Waals surface area contributed by atoms with Crippen LogP contribution in [0.4, 0.5) is 0 Å². The summed E-state index contributed by atoms with van der Waals surface area (Å²) in [5.74, 6) is -0.298. The highest BCUT2D eigenvalue weighted by molar-refractivity contribution is 5.94. The second-order valence-electron chi connectivity index (χ2n) is 4.27. The van der Waals surface area contributed by atoms with Crippen LogP contribution in [-0.2, 0) is 9.59 Å². The van der Waals surface area contributed by atoms with Gasteiger partial charge >= 0.3 is 5.97 Å². The van der Waals surface area contributed by atoms with Gasteiger partial charge in [0, 0.05) is 12.0 Å². The summed E-state index contributed by atoms with van der Waals surface area (Å²) in [7, 11) is 0. The Morgan fingerprint density at radius 2 is 2.00 bits per heavy atom. The van der Waals surface area contributed by atoms with Crippen LogP contribution in [0.2, 0.25) is 0 Å². The van der Waals surface area contributed by atoms with Crippen LogP contribution < -0.4 is 4.74 Å². The highest BCUT2D eigenvalue weighted by atomic mass is 16.5. The second kappa shape index (κ2) is 4.70. The molecule has 1 aromatic rings. The first-order chi connectivity index (χ1) is 8.19. The lowest BCUT2D eigenvalue weighted by atomic mass is 9.78. The number of hydrogen-bond acceptors (Lipinski definition) is 3. The van der Waals surface area contributed by atoms with Gasteiger partial charge in [-0.15, -0.1) is 0 Å². The van der Waals surface area contributed by atoms with Crippen LogP contribution in [-0.4, -0.2) is 11.8 Å². The summed E-state index contributed by atoms with van der Waals surface area (Å²) < 4.78 is 5.27. The molecule has 1 aliphatic heterocycles. The molecule has 0 radical (unpaired) electrons. The van der Waals surface area contributed by atoms with Crippen LogP contribution in [0.25, 0.3) is 0 Å². The van der Waals surface area contributed by atoms with Crippen molar-refractivity contribution in [2.45, 2.75) is 32.6 Å². The Hall–Kier alpha value is -1.64. The third kappa shape index (κ3) is 1.97. The number of esters is 1. The molecule has 0 unspecified atom stereocenters. The van der Waals surface area contributed by atoms with E-state index in [0.29, 0.717) is 18.6 Å². The van der Waals surface area contributed by atoms with E-state index < -0.39 is 0 Å². The molecule has 0 N–H and O–H groups in total. The van der Waals surface area contributed by atoms with Gasteiger partial charge in [0.2, 0.25) is 0 Å². The summed E-state index contributed by atoms with van der Waals surface area (Å²) in [6.07, 6.45) is 1.08. The molecule has 90 valence electrons. The molecule has 2 rings (SSSR count). The van der Waals surface area contributed by atoms with Gasteiger partial charge in [0.15, 0.2) is 0 Å². The molecule has 1 aliphatic rings. The van der Waals surface area contributed by atoms with Crippen molar-refractivity contribution in [3.63, 3.8) is 0 Å². The molecular formula is C14H16O3. The predicted octanol–water partition coefficient (Wildman–Crippen LogP) is 2.69. The van der Waals surface area contributed by atoms with E-state index in [0.717, 1.165) is 5.56 Å². The average molecular weight is 232 g/mol. The first-order valence-corrected chi connectivity index (χ1v) is 6.02. The van der Waals surface area contributed by atoms with Gasteiger partial charge in [0.25, 0.3) is 0 Å². The summed E-state index contributed by atoms with van der Waals surface area (Å²) in [5, 5.41) is 0. The molecule has 0 saturated heterocycles. The Labute approximate surface area is 101 Å². The fourth-order valence-corrected chi connectivity index (χ4v) is 2.39. The average Bonchev–Trinajstić information content (AvgIpc) is 2.36. The fourth-order valence-electron chi connectivity index (χ4n) is 2.39. The number of Topliss-reactive ketones (excluding diaryl/α,β-unsaturated/α-hetero) is 1. The van der Waals surface area contributed by atoms with Crippen molar-refractivity contribution < 1.29 is 14.3 Å². The van der Waals surface area contributed by atoms with Crippen LogP contribution >= 0.6 is 0 Å². The number of benzene rings is 1. The third-order valence-electron chi connectivity index (χ3n) is 3.30. The topological polar surface area (TPSA) is 43.4 Å². The van der Waals surface area contributed by atoms with Gasteiger partial charge < -0.3 is 4.74 Å². The number of fused-ring (bicyclic) bond motifs is 1. The van der Waals surface area contributed by atoms with Gasteiger partial charge in [-0.1, -0.05) is 32.0 Å². The highest BCUT2D eigenvalue weighted by Crippen LogP contribution is 2.40. The van der Waals surface area contributed by atoms with Crippen LogP contribution in [0.15, 0.2) is 24.3 Å². The number of carbonyl (C=O) groups is 2. The number of carbonyl (C=O) groups excluding carboxylic acids is 2. The maximum atomic E-state index is 12.0. The molecule has 0 saturated carbocycles. The molecule has 3 heteroatoms. The lowest BCUT2D eigenvalue weighted by molar-refractivity contribution is -0.144. The van der Waals surface area contributed by atoms with Crippen LogP contribution in [0, 0.1) is 5.92 Å². The van der Waals surface area contributed by atoms with E-state index in [4.69, 9.17) is 4.74 Å². The lowest BCUT2D eigenvalue weighted by Gasteiger charge is -2.30. The molecule has 0 spiro atoms. The van der Waals surface area contributed by atoms with Crippen LogP contribution in [0.3, 0.4) is 0 Å². The fraction of sp³-hybridized carbons (Fsp3) is 0.429. The number of rotatable bonds is 3. The molecule has 1 heterocycles. The van der Waals surface area contributed by atoms with Gasteiger partial charge in [-0.3, -0.25) is 9.59 Å². The third-order valence-corrected chi connectivity index (χ3v) is 3.30. The number of ketones is 1. The normalized spacial score (nSPS) is 22.8. The Balaban J connectivity index is 2.50. The lowest BCUT2D eigenvalue weighted by Crippen LogP contribution is -2.35. The summed E-state index contributed by atoms with van der Waals surface area (Å²) in [6.45, 7) is 3.74. The molecule has 3 nitrogen and oxygen atoms in total. The molecule has 17 heavy (non-hydrogen) atoms. The zero-order chi connectivity index (χ0) is 12.4.